The van der Waals surface area contributed by atoms with Gasteiger partial charge in [0.25, 0.3) is 0 Å². The summed E-state index contributed by atoms with van der Waals surface area (Å²) in [5, 5.41) is 18.4. The van der Waals surface area contributed by atoms with Gasteiger partial charge in [0, 0.05) is 37.1 Å². The lowest BCUT2D eigenvalue weighted by Gasteiger charge is -2.31. The Labute approximate surface area is 103 Å². The minimum atomic E-state index is -4.35. The number of halogens is 3. The Morgan fingerprint density at radius 1 is 1.28 bits per heavy atom. The zero-order chi connectivity index (χ0) is 13.5. The van der Waals surface area contributed by atoms with Crippen LogP contribution in [0.5, 0.6) is 0 Å². The molecule has 1 aromatic rings. The summed E-state index contributed by atoms with van der Waals surface area (Å²) < 4.78 is 40.0. The van der Waals surface area contributed by atoms with Crippen molar-refractivity contribution in [3.63, 3.8) is 0 Å². The van der Waals surface area contributed by atoms with Crippen molar-refractivity contribution in [2.45, 2.75) is 26.1 Å². The second-order valence-electron chi connectivity index (χ2n) is 4.83. The topological polar surface area (TPSA) is 45.4 Å². The van der Waals surface area contributed by atoms with Gasteiger partial charge in [-0.1, -0.05) is 0 Å². The highest BCUT2D eigenvalue weighted by Crippen LogP contribution is 2.37. The van der Waals surface area contributed by atoms with Crippen LogP contribution in [0.4, 0.5) is 13.2 Å². The third-order valence-corrected chi connectivity index (χ3v) is 3.78. The molecule has 18 heavy (non-hydrogen) atoms. The SMILES string of the molecule is Cc1c(C(F)(F)F)cc2n1CC(CO)C(CO)C2. The second kappa shape index (κ2) is 4.59. The molecule has 0 aromatic carbocycles. The molecule has 0 bridgehead atoms. The Balaban J connectivity index is 2.40. The molecule has 1 aliphatic heterocycles. The van der Waals surface area contributed by atoms with Crippen molar-refractivity contribution in [1.29, 1.82) is 0 Å². The highest BCUT2D eigenvalue weighted by atomic mass is 19.4. The fourth-order valence-corrected chi connectivity index (χ4v) is 2.66. The number of nitrogens with zero attached hydrogens (tertiary/aromatic N) is 1. The van der Waals surface area contributed by atoms with Gasteiger partial charge < -0.3 is 14.8 Å². The molecule has 2 unspecified atom stereocenters. The van der Waals surface area contributed by atoms with Gasteiger partial charge in [-0.2, -0.15) is 13.2 Å². The minimum Gasteiger partial charge on any atom is -0.396 e. The zero-order valence-electron chi connectivity index (χ0n) is 10.0. The maximum Gasteiger partial charge on any atom is 0.418 e. The summed E-state index contributed by atoms with van der Waals surface area (Å²) in [6, 6.07) is 1.16. The molecular formula is C12H16F3NO2. The van der Waals surface area contributed by atoms with Crippen LogP contribution >= 0.6 is 0 Å². The number of aliphatic hydroxyl groups is 2. The number of rotatable bonds is 2. The van der Waals surface area contributed by atoms with Crippen molar-refractivity contribution in [3.05, 3.63) is 23.0 Å². The van der Waals surface area contributed by atoms with E-state index in [0.29, 0.717) is 18.7 Å². The van der Waals surface area contributed by atoms with Crippen LogP contribution in [-0.2, 0) is 19.1 Å². The van der Waals surface area contributed by atoms with E-state index in [1.807, 2.05) is 0 Å². The number of aliphatic hydroxyl groups excluding tert-OH is 2. The van der Waals surface area contributed by atoms with Crippen molar-refractivity contribution >= 4 is 0 Å². The number of aromatic nitrogens is 1. The first-order chi connectivity index (χ1) is 8.38. The van der Waals surface area contributed by atoms with Crippen LogP contribution < -0.4 is 0 Å². The molecule has 2 heterocycles. The van der Waals surface area contributed by atoms with Gasteiger partial charge in [-0.05, 0) is 25.3 Å². The summed E-state index contributed by atoms with van der Waals surface area (Å²) in [6.45, 7) is 1.54. The molecule has 0 radical (unpaired) electrons. The number of alkyl halides is 3. The highest BCUT2D eigenvalue weighted by Gasteiger charge is 2.38. The first-order valence-corrected chi connectivity index (χ1v) is 5.86. The summed E-state index contributed by atoms with van der Waals surface area (Å²) in [6.07, 6.45) is -3.98. The molecule has 0 spiro atoms. The van der Waals surface area contributed by atoms with E-state index in [2.05, 4.69) is 0 Å². The molecule has 3 nitrogen and oxygen atoms in total. The molecule has 2 N–H and O–H groups in total. The molecule has 0 aliphatic carbocycles. The molecule has 2 rings (SSSR count). The predicted molar refractivity (Wildman–Crippen MR) is 59.0 cm³/mol. The number of fused-ring (bicyclic) bond motifs is 1. The summed E-state index contributed by atoms with van der Waals surface area (Å²) in [5.74, 6) is -0.354. The molecule has 1 aromatic heterocycles. The van der Waals surface area contributed by atoms with Crippen molar-refractivity contribution in [3.8, 4) is 0 Å². The zero-order valence-corrected chi connectivity index (χ0v) is 10.0. The van der Waals surface area contributed by atoms with Gasteiger partial charge in [-0.25, -0.2) is 0 Å². The molecule has 2 atom stereocenters. The van der Waals surface area contributed by atoms with Crippen LogP contribution in [0, 0.1) is 18.8 Å². The normalized spacial score (nSPS) is 24.1. The third-order valence-electron chi connectivity index (χ3n) is 3.78. The predicted octanol–water partition coefficient (Wildman–Crippen LogP) is 1.59. The maximum atomic E-state index is 12.8. The van der Waals surface area contributed by atoms with Gasteiger partial charge in [-0.15, -0.1) is 0 Å². The molecule has 0 saturated carbocycles. The molecule has 0 saturated heterocycles. The van der Waals surface area contributed by atoms with Gasteiger partial charge in [0.15, 0.2) is 0 Å². The van der Waals surface area contributed by atoms with Crippen molar-refractivity contribution in [2.24, 2.45) is 11.8 Å². The smallest absolute Gasteiger partial charge is 0.396 e. The Hall–Kier alpha value is -1.01. The molecule has 102 valence electrons. The monoisotopic (exact) mass is 263 g/mol. The van der Waals surface area contributed by atoms with Gasteiger partial charge in [-0.3, -0.25) is 0 Å². The largest absolute Gasteiger partial charge is 0.418 e. The fourth-order valence-electron chi connectivity index (χ4n) is 2.66. The van der Waals surface area contributed by atoms with Crippen molar-refractivity contribution < 1.29 is 23.4 Å². The Kier molecular flexibility index (Phi) is 3.42. The molecular weight excluding hydrogens is 247 g/mol. The average molecular weight is 263 g/mol. The highest BCUT2D eigenvalue weighted by molar-refractivity contribution is 5.31. The van der Waals surface area contributed by atoms with E-state index < -0.39 is 11.7 Å². The second-order valence-corrected chi connectivity index (χ2v) is 4.83. The van der Waals surface area contributed by atoms with E-state index in [0.717, 1.165) is 6.07 Å². The van der Waals surface area contributed by atoms with Crippen LogP contribution in [0.3, 0.4) is 0 Å². The maximum absolute atomic E-state index is 12.8. The summed E-state index contributed by atoms with van der Waals surface area (Å²) in [4.78, 5) is 0. The van der Waals surface area contributed by atoms with Crippen LogP contribution in [-0.4, -0.2) is 28.0 Å². The van der Waals surface area contributed by atoms with Crippen molar-refractivity contribution in [1.82, 2.24) is 4.57 Å². The quantitative estimate of drug-likeness (QED) is 0.851. The van der Waals surface area contributed by atoms with Crippen LogP contribution in [0.2, 0.25) is 0 Å². The third kappa shape index (κ3) is 2.14. The van der Waals surface area contributed by atoms with E-state index in [9.17, 15) is 23.4 Å². The fraction of sp³-hybridized carbons (Fsp3) is 0.667. The van der Waals surface area contributed by atoms with Gasteiger partial charge in [0.2, 0.25) is 0 Å². The molecule has 0 amide bonds. The van der Waals surface area contributed by atoms with E-state index in [1.165, 1.54) is 6.92 Å². The van der Waals surface area contributed by atoms with Gasteiger partial charge >= 0.3 is 6.18 Å². The van der Waals surface area contributed by atoms with E-state index in [1.54, 1.807) is 4.57 Å². The number of hydrogen-bond acceptors (Lipinski definition) is 2. The lowest BCUT2D eigenvalue weighted by atomic mass is 9.86. The Morgan fingerprint density at radius 2 is 1.89 bits per heavy atom. The lowest BCUT2D eigenvalue weighted by Crippen LogP contribution is -2.34. The van der Waals surface area contributed by atoms with E-state index in [-0.39, 0.29) is 30.7 Å². The lowest BCUT2D eigenvalue weighted by molar-refractivity contribution is -0.138. The molecule has 0 fully saturated rings. The van der Waals surface area contributed by atoms with E-state index >= 15 is 0 Å². The Morgan fingerprint density at radius 3 is 2.39 bits per heavy atom. The summed E-state index contributed by atoms with van der Waals surface area (Å²) >= 11 is 0. The average Bonchev–Trinajstić information content (AvgIpc) is 2.64. The first-order valence-electron chi connectivity index (χ1n) is 5.86. The van der Waals surface area contributed by atoms with Crippen molar-refractivity contribution in [2.75, 3.05) is 13.2 Å². The number of hydrogen-bond donors (Lipinski definition) is 2. The van der Waals surface area contributed by atoms with E-state index in [4.69, 9.17) is 0 Å². The van der Waals surface area contributed by atoms with Gasteiger partial charge in [0.05, 0.1) is 5.56 Å². The first kappa shape index (κ1) is 13.4. The summed E-state index contributed by atoms with van der Waals surface area (Å²) in [7, 11) is 0. The van der Waals surface area contributed by atoms with Crippen LogP contribution in [0.15, 0.2) is 6.07 Å². The molecule has 1 aliphatic rings. The van der Waals surface area contributed by atoms with Crippen LogP contribution in [0.1, 0.15) is 17.0 Å². The molecule has 6 heteroatoms. The standard InChI is InChI=1S/C12H16F3NO2/c1-7-11(12(13,14)15)3-10-2-8(5-17)9(6-18)4-16(7)10/h3,8-9,17-18H,2,4-6H2,1H3. The van der Waals surface area contributed by atoms with Gasteiger partial charge in [0.1, 0.15) is 0 Å². The summed E-state index contributed by atoms with van der Waals surface area (Å²) in [5.41, 5.74) is 0.156. The minimum absolute atomic E-state index is 0.114. The Bertz CT molecular complexity index is 439. The van der Waals surface area contributed by atoms with Crippen LogP contribution in [0.25, 0.3) is 0 Å².